The number of rotatable bonds is 5. The summed E-state index contributed by atoms with van der Waals surface area (Å²) in [5, 5.41) is 16.7. The topological polar surface area (TPSA) is 74.6 Å². The summed E-state index contributed by atoms with van der Waals surface area (Å²) in [7, 11) is 0. The van der Waals surface area contributed by atoms with Crippen LogP contribution in [0.2, 0.25) is 0 Å². The molecule has 0 aliphatic carbocycles. The largest absolute Gasteiger partial charge is 0.481 e. The van der Waals surface area contributed by atoms with Crippen LogP contribution in [-0.2, 0) is 9.59 Å². The molecule has 0 saturated heterocycles. The molecule has 0 fully saturated rings. The molecule has 0 atom stereocenters. The van der Waals surface area contributed by atoms with Crippen LogP contribution < -0.4 is 0 Å². The van der Waals surface area contributed by atoms with Gasteiger partial charge in [-0.05, 0) is 12.8 Å². The predicted octanol–water partition coefficient (Wildman–Crippen LogP) is 0.738. The summed E-state index contributed by atoms with van der Waals surface area (Å²) in [6.07, 6.45) is 2.01. The van der Waals surface area contributed by atoms with Gasteiger partial charge in [0, 0.05) is 0 Å². The van der Waals surface area contributed by atoms with Gasteiger partial charge in [0.15, 0.2) is 5.92 Å². The van der Waals surface area contributed by atoms with E-state index in [0.717, 1.165) is 0 Å². The quantitative estimate of drug-likeness (QED) is 0.457. The highest BCUT2D eigenvalue weighted by Crippen LogP contribution is 2.06. The summed E-state index contributed by atoms with van der Waals surface area (Å²) in [5.41, 5.74) is 0. The van der Waals surface area contributed by atoms with Gasteiger partial charge in [0.25, 0.3) is 0 Å². The molecule has 0 bridgehead atoms. The molecule has 4 nitrogen and oxygen atoms in total. The minimum atomic E-state index is -1.30. The Labute approximate surface area is 64.2 Å². The Morgan fingerprint density at radius 3 is 2.09 bits per heavy atom. The van der Waals surface area contributed by atoms with Gasteiger partial charge in [-0.1, -0.05) is 6.08 Å². The molecule has 11 heavy (non-hydrogen) atoms. The Morgan fingerprint density at radius 1 is 1.36 bits per heavy atom. The molecule has 0 radical (unpaired) electrons. The third-order valence-corrected chi connectivity index (χ3v) is 1.26. The first-order valence-corrected chi connectivity index (χ1v) is 3.16. The minimum absolute atomic E-state index is 0.105. The van der Waals surface area contributed by atoms with Crippen molar-refractivity contribution in [2.24, 2.45) is 5.92 Å². The van der Waals surface area contributed by atoms with E-state index in [1.54, 1.807) is 0 Å². The lowest BCUT2D eigenvalue weighted by Gasteiger charge is -2.03. The number of aliphatic carboxylic acids is 2. The van der Waals surface area contributed by atoms with Crippen molar-refractivity contribution in [2.45, 2.75) is 12.8 Å². The molecule has 0 rings (SSSR count). The first kappa shape index (κ1) is 9.68. The summed E-state index contributed by atoms with van der Waals surface area (Å²) in [6, 6.07) is 0. The van der Waals surface area contributed by atoms with E-state index in [1.165, 1.54) is 6.08 Å². The molecule has 0 aromatic heterocycles. The van der Waals surface area contributed by atoms with Crippen LogP contribution in [0, 0.1) is 5.92 Å². The van der Waals surface area contributed by atoms with Crippen LogP contribution in [0.3, 0.4) is 0 Å². The molecule has 62 valence electrons. The zero-order valence-corrected chi connectivity index (χ0v) is 5.99. The van der Waals surface area contributed by atoms with Crippen LogP contribution in [0.15, 0.2) is 12.7 Å². The van der Waals surface area contributed by atoms with Crippen LogP contribution in [0.4, 0.5) is 0 Å². The molecule has 4 heteroatoms. The minimum Gasteiger partial charge on any atom is -0.481 e. The Morgan fingerprint density at radius 2 is 1.82 bits per heavy atom. The monoisotopic (exact) mass is 158 g/mol. The Hall–Kier alpha value is -1.32. The maximum atomic E-state index is 10.2. The van der Waals surface area contributed by atoms with Crippen molar-refractivity contribution in [1.82, 2.24) is 0 Å². The molecule has 2 N–H and O–H groups in total. The van der Waals surface area contributed by atoms with Crippen molar-refractivity contribution in [2.75, 3.05) is 0 Å². The standard InChI is InChI=1S/C7H10O4/c1-2-3-4-5(6(8)9)7(10)11/h2,5H,1,3-4H2,(H,8,9)(H,10,11). The van der Waals surface area contributed by atoms with Crippen molar-refractivity contribution in [3.05, 3.63) is 12.7 Å². The Bertz CT molecular complexity index is 159. The van der Waals surface area contributed by atoms with Gasteiger partial charge in [-0.2, -0.15) is 0 Å². The van der Waals surface area contributed by atoms with E-state index >= 15 is 0 Å². The van der Waals surface area contributed by atoms with Crippen molar-refractivity contribution >= 4 is 11.9 Å². The number of carboxylic acids is 2. The highest BCUT2D eigenvalue weighted by Gasteiger charge is 2.24. The van der Waals surface area contributed by atoms with E-state index in [4.69, 9.17) is 10.2 Å². The van der Waals surface area contributed by atoms with E-state index in [-0.39, 0.29) is 6.42 Å². The van der Waals surface area contributed by atoms with E-state index in [9.17, 15) is 9.59 Å². The summed E-state index contributed by atoms with van der Waals surface area (Å²) in [5.74, 6) is -3.88. The number of allylic oxidation sites excluding steroid dienone is 1. The molecule has 0 aliphatic heterocycles. The van der Waals surface area contributed by atoms with Crippen molar-refractivity contribution in [1.29, 1.82) is 0 Å². The van der Waals surface area contributed by atoms with Gasteiger partial charge < -0.3 is 10.2 Å². The van der Waals surface area contributed by atoms with E-state index in [0.29, 0.717) is 6.42 Å². The maximum absolute atomic E-state index is 10.2. The van der Waals surface area contributed by atoms with Crippen LogP contribution in [-0.4, -0.2) is 22.2 Å². The third kappa shape index (κ3) is 3.40. The predicted molar refractivity (Wildman–Crippen MR) is 38.2 cm³/mol. The fraction of sp³-hybridized carbons (Fsp3) is 0.429. The van der Waals surface area contributed by atoms with Crippen molar-refractivity contribution < 1.29 is 19.8 Å². The Balaban J connectivity index is 4.00. The zero-order valence-electron chi connectivity index (χ0n) is 5.99. The second kappa shape index (κ2) is 4.49. The Kier molecular flexibility index (Phi) is 3.95. The van der Waals surface area contributed by atoms with Crippen LogP contribution in [0.1, 0.15) is 12.8 Å². The van der Waals surface area contributed by atoms with Gasteiger partial charge in [0.2, 0.25) is 0 Å². The molecule has 0 saturated carbocycles. The summed E-state index contributed by atoms with van der Waals surface area (Å²) < 4.78 is 0. The SMILES string of the molecule is C=CCCC(C(=O)O)C(=O)O. The lowest BCUT2D eigenvalue weighted by Crippen LogP contribution is -2.22. The smallest absolute Gasteiger partial charge is 0.317 e. The van der Waals surface area contributed by atoms with Crippen molar-refractivity contribution in [3.8, 4) is 0 Å². The van der Waals surface area contributed by atoms with Gasteiger partial charge in [0.05, 0.1) is 0 Å². The second-order valence-corrected chi connectivity index (χ2v) is 2.10. The highest BCUT2D eigenvalue weighted by atomic mass is 16.4. The lowest BCUT2D eigenvalue weighted by atomic mass is 10.0. The molecule has 0 heterocycles. The van der Waals surface area contributed by atoms with Gasteiger partial charge in [-0.15, -0.1) is 6.58 Å². The molecule has 0 aliphatic rings. The maximum Gasteiger partial charge on any atom is 0.317 e. The molecule has 0 amide bonds. The first-order chi connectivity index (χ1) is 5.09. The number of hydrogen-bond acceptors (Lipinski definition) is 2. The molecular formula is C7H10O4. The van der Waals surface area contributed by atoms with Gasteiger partial charge in [-0.25, -0.2) is 0 Å². The van der Waals surface area contributed by atoms with E-state index < -0.39 is 17.9 Å². The summed E-state index contributed by atoms with van der Waals surface area (Å²) in [4.78, 5) is 20.5. The molecule has 0 spiro atoms. The molecular weight excluding hydrogens is 148 g/mol. The van der Waals surface area contributed by atoms with E-state index in [1.807, 2.05) is 0 Å². The lowest BCUT2D eigenvalue weighted by molar-refractivity contribution is -0.154. The average molecular weight is 158 g/mol. The normalized spacial score (nSPS) is 9.55. The van der Waals surface area contributed by atoms with Crippen LogP contribution >= 0.6 is 0 Å². The summed E-state index contributed by atoms with van der Waals surface area (Å²) in [6.45, 7) is 3.37. The van der Waals surface area contributed by atoms with Gasteiger partial charge in [0.1, 0.15) is 0 Å². The number of carbonyl (C=O) groups is 2. The first-order valence-electron chi connectivity index (χ1n) is 3.16. The van der Waals surface area contributed by atoms with Crippen molar-refractivity contribution in [3.63, 3.8) is 0 Å². The molecule has 0 aromatic carbocycles. The molecule has 0 unspecified atom stereocenters. The van der Waals surface area contributed by atoms with Crippen LogP contribution in [0.5, 0.6) is 0 Å². The van der Waals surface area contributed by atoms with E-state index in [2.05, 4.69) is 6.58 Å². The average Bonchev–Trinajstić information content (AvgIpc) is 1.87. The molecule has 0 aromatic rings. The number of hydrogen-bond donors (Lipinski definition) is 2. The van der Waals surface area contributed by atoms with Gasteiger partial charge in [-0.3, -0.25) is 9.59 Å². The number of carboxylic acid groups (broad SMARTS) is 2. The van der Waals surface area contributed by atoms with Gasteiger partial charge >= 0.3 is 11.9 Å². The fourth-order valence-electron chi connectivity index (χ4n) is 0.637. The zero-order chi connectivity index (χ0) is 8.85. The fourth-order valence-corrected chi connectivity index (χ4v) is 0.637. The highest BCUT2D eigenvalue weighted by molar-refractivity contribution is 5.92. The van der Waals surface area contributed by atoms with Crippen LogP contribution in [0.25, 0.3) is 0 Å². The summed E-state index contributed by atoms with van der Waals surface area (Å²) >= 11 is 0. The third-order valence-electron chi connectivity index (χ3n) is 1.26. The second-order valence-electron chi connectivity index (χ2n) is 2.10.